The molecule has 1 aliphatic heterocycles. The average molecular weight is 313 g/mol. The predicted molar refractivity (Wildman–Crippen MR) is 89.4 cm³/mol. The molecule has 1 fully saturated rings. The van der Waals surface area contributed by atoms with Crippen LogP contribution in [0.1, 0.15) is 11.3 Å². The molecule has 4 rings (SSSR count). The van der Waals surface area contributed by atoms with Gasteiger partial charge in [-0.25, -0.2) is 0 Å². The minimum atomic E-state index is 0.340. The van der Waals surface area contributed by atoms with E-state index in [0.717, 1.165) is 29.4 Å². The van der Waals surface area contributed by atoms with Crippen molar-refractivity contribution in [2.75, 3.05) is 6.61 Å². The van der Waals surface area contributed by atoms with E-state index in [4.69, 9.17) is 16.3 Å². The lowest BCUT2D eigenvalue weighted by atomic mass is 10.1. The van der Waals surface area contributed by atoms with Crippen LogP contribution in [0.5, 0.6) is 0 Å². The molecule has 0 amide bonds. The summed E-state index contributed by atoms with van der Waals surface area (Å²) < 4.78 is 7.77. The van der Waals surface area contributed by atoms with Crippen LogP contribution in [0.25, 0.3) is 22.2 Å². The minimum Gasteiger partial charge on any atom is -0.371 e. The van der Waals surface area contributed by atoms with Crippen molar-refractivity contribution >= 4 is 22.5 Å². The van der Waals surface area contributed by atoms with Crippen LogP contribution < -0.4 is 0 Å². The summed E-state index contributed by atoms with van der Waals surface area (Å²) >= 11 is 6.01. The average Bonchev–Trinajstić information content (AvgIpc) is 3.32. The Morgan fingerprint density at radius 2 is 1.95 bits per heavy atom. The highest BCUT2D eigenvalue weighted by atomic mass is 35.5. The summed E-state index contributed by atoms with van der Waals surface area (Å²) in [5.74, 6) is 0. The lowest BCUT2D eigenvalue weighted by Gasteiger charge is -2.10. The third-order valence-electron chi connectivity index (χ3n) is 4.45. The van der Waals surface area contributed by atoms with Crippen LogP contribution in [-0.2, 0) is 11.3 Å². The first-order chi connectivity index (χ1) is 10.6. The molecule has 1 aliphatic rings. The zero-order valence-corrected chi connectivity index (χ0v) is 13.4. The number of fused-ring (bicyclic) bond motifs is 1. The Morgan fingerprint density at radius 3 is 2.64 bits per heavy atom. The first-order valence-corrected chi connectivity index (χ1v) is 7.85. The van der Waals surface area contributed by atoms with Gasteiger partial charge in [-0.05, 0) is 37.6 Å². The zero-order valence-electron chi connectivity index (χ0n) is 12.6. The largest absolute Gasteiger partial charge is 0.371 e. The van der Waals surface area contributed by atoms with Crippen molar-refractivity contribution in [2.45, 2.75) is 26.5 Å². The van der Waals surface area contributed by atoms with Crippen LogP contribution in [0.2, 0.25) is 5.02 Å². The van der Waals surface area contributed by atoms with Gasteiger partial charge in [-0.3, -0.25) is 4.98 Å². The first-order valence-electron chi connectivity index (χ1n) is 7.47. The fourth-order valence-corrected chi connectivity index (χ4v) is 3.15. The van der Waals surface area contributed by atoms with E-state index in [1.54, 1.807) is 0 Å². The maximum Gasteiger partial charge on any atom is 0.0988 e. The van der Waals surface area contributed by atoms with Crippen molar-refractivity contribution in [3.05, 3.63) is 52.8 Å². The van der Waals surface area contributed by atoms with E-state index in [0.29, 0.717) is 6.10 Å². The zero-order chi connectivity index (χ0) is 15.3. The number of pyridine rings is 1. The highest BCUT2D eigenvalue weighted by Gasteiger charge is 2.26. The number of benzene rings is 1. The molecule has 2 aromatic heterocycles. The highest BCUT2D eigenvalue weighted by Crippen LogP contribution is 2.33. The quantitative estimate of drug-likeness (QED) is 0.672. The van der Waals surface area contributed by atoms with Gasteiger partial charge in [0.2, 0.25) is 0 Å². The Labute approximate surface area is 134 Å². The van der Waals surface area contributed by atoms with E-state index in [9.17, 15) is 0 Å². The number of aromatic nitrogens is 2. The molecule has 0 spiro atoms. The standard InChI is InChI=1S/C18H17ClN2O/c1-11-12(2)21(9-15-10-22-15)18-16(11)7-8-20-17(18)13-3-5-14(19)6-4-13/h3-8,15H,9-10H2,1-2H3. The Hall–Kier alpha value is -1.84. The van der Waals surface area contributed by atoms with Crippen molar-refractivity contribution < 1.29 is 4.74 Å². The molecule has 3 aromatic rings. The third kappa shape index (κ3) is 2.21. The van der Waals surface area contributed by atoms with E-state index in [1.807, 2.05) is 30.5 Å². The van der Waals surface area contributed by atoms with Gasteiger partial charge in [0, 0.05) is 27.9 Å². The van der Waals surface area contributed by atoms with Crippen molar-refractivity contribution in [3.8, 4) is 11.3 Å². The molecule has 0 bridgehead atoms. The van der Waals surface area contributed by atoms with Gasteiger partial charge in [0.25, 0.3) is 0 Å². The first kappa shape index (κ1) is 13.8. The molecule has 0 radical (unpaired) electrons. The van der Waals surface area contributed by atoms with Crippen molar-refractivity contribution in [3.63, 3.8) is 0 Å². The maximum absolute atomic E-state index is 6.01. The summed E-state index contributed by atoms with van der Waals surface area (Å²) in [7, 11) is 0. The predicted octanol–water partition coefficient (Wildman–Crippen LogP) is 4.37. The van der Waals surface area contributed by atoms with Crippen molar-refractivity contribution in [2.24, 2.45) is 0 Å². The second-order valence-corrected chi connectivity index (χ2v) is 6.28. The van der Waals surface area contributed by atoms with E-state index in [-0.39, 0.29) is 0 Å². The molecule has 1 unspecified atom stereocenters. The number of halogens is 1. The molecule has 22 heavy (non-hydrogen) atoms. The molecule has 112 valence electrons. The molecule has 0 N–H and O–H groups in total. The lowest BCUT2D eigenvalue weighted by Crippen LogP contribution is -2.06. The Kier molecular flexibility index (Phi) is 3.21. The van der Waals surface area contributed by atoms with Gasteiger partial charge >= 0.3 is 0 Å². The molecule has 3 nitrogen and oxygen atoms in total. The molecular weight excluding hydrogens is 296 g/mol. The Balaban J connectivity index is 1.97. The molecular formula is C18H17ClN2O. The van der Waals surface area contributed by atoms with Crippen molar-refractivity contribution in [1.29, 1.82) is 0 Å². The fraction of sp³-hybridized carbons (Fsp3) is 0.278. The van der Waals surface area contributed by atoms with Gasteiger partial charge in [-0.15, -0.1) is 0 Å². The summed E-state index contributed by atoms with van der Waals surface area (Å²) in [6, 6.07) is 9.98. The Morgan fingerprint density at radius 1 is 1.23 bits per heavy atom. The Bertz CT molecular complexity index is 848. The normalized spacial score (nSPS) is 17.1. The molecule has 1 aromatic carbocycles. The summed E-state index contributed by atoms with van der Waals surface area (Å²) in [6.45, 7) is 6.09. The topological polar surface area (TPSA) is 30.4 Å². The molecule has 3 heterocycles. The van der Waals surface area contributed by atoms with Gasteiger partial charge in [0.15, 0.2) is 0 Å². The number of epoxide rings is 1. The molecule has 0 aliphatic carbocycles. The van der Waals surface area contributed by atoms with Crippen molar-refractivity contribution in [1.82, 2.24) is 9.55 Å². The van der Waals surface area contributed by atoms with E-state index in [2.05, 4.69) is 29.5 Å². The SMILES string of the molecule is Cc1c(C)n(CC2CO2)c2c(-c3ccc(Cl)cc3)nccc12. The second kappa shape index (κ2) is 5.11. The van der Waals surface area contributed by atoms with Crippen LogP contribution in [0.3, 0.4) is 0 Å². The van der Waals surface area contributed by atoms with Gasteiger partial charge in [-0.2, -0.15) is 0 Å². The number of rotatable bonds is 3. The van der Waals surface area contributed by atoms with Gasteiger partial charge in [-0.1, -0.05) is 23.7 Å². The number of ether oxygens (including phenoxy) is 1. The fourth-order valence-electron chi connectivity index (χ4n) is 3.02. The number of nitrogens with zero attached hydrogens (tertiary/aromatic N) is 2. The third-order valence-corrected chi connectivity index (χ3v) is 4.70. The summed E-state index contributed by atoms with van der Waals surface area (Å²) in [6.07, 6.45) is 2.23. The van der Waals surface area contributed by atoms with Gasteiger partial charge in [0.1, 0.15) is 0 Å². The van der Waals surface area contributed by atoms with Crippen LogP contribution in [0, 0.1) is 13.8 Å². The summed E-state index contributed by atoms with van der Waals surface area (Å²) in [4.78, 5) is 4.64. The number of aryl methyl sites for hydroxylation is 1. The molecule has 1 atom stereocenters. The summed E-state index contributed by atoms with van der Waals surface area (Å²) in [5, 5.41) is 2.00. The van der Waals surface area contributed by atoms with E-state index >= 15 is 0 Å². The second-order valence-electron chi connectivity index (χ2n) is 5.84. The van der Waals surface area contributed by atoms with Crippen LogP contribution in [-0.4, -0.2) is 22.3 Å². The smallest absolute Gasteiger partial charge is 0.0988 e. The van der Waals surface area contributed by atoms with E-state index in [1.165, 1.54) is 22.2 Å². The van der Waals surface area contributed by atoms with Crippen LogP contribution >= 0.6 is 11.6 Å². The summed E-state index contributed by atoms with van der Waals surface area (Å²) in [5.41, 5.74) is 5.88. The maximum atomic E-state index is 6.01. The molecule has 4 heteroatoms. The van der Waals surface area contributed by atoms with Crippen LogP contribution in [0.4, 0.5) is 0 Å². The molecule has 0 saturated carbocycles. The number of hydrogen-bond acceptors (Lipinski definition) is 2. The monoisotopic (exact) mass is 312 g/mol. The van der Waals surface area contributed by atoms with E-state index < -0.39 is 0 Å². The van der Waals surface area contributed by atoms with Gasteiger partial charge < -0.3 is 9.30 Å². The van der Waals surface area contributed by atoms with Crippen LogP contribution in [0.15, 0.2) is 36.5 Å². The van der Waals surface area contributed by atoms with Gasteiger partial charge in [0.05, 0.1) is 30.5 Å². The number of hydrogen-bond donors (Lipinski definition) is 0. The highest BCUT2D eigenvalue weighted by molar-refractivity contribution is 6.30. The lowest BCUT2D eigenvalue weighted by molar-refractivity contribution is 0.384. The molecule has 1 saturated heterocycles. The minimum absolute atomic E-state index is 0.340.